The summed E-state index contributed by atoms with van der Waals surface area (Å²) < 4.78 is 37.7. The van der Waals surface area contributed by atoms with Crippen molar-refractivity contribution in [2.45, 2.75) is 101 Å². The van der Waals surface area contributed by atoms with Gasteiger partial charge in [0.25, 0.3) is 11.8 Å². The molecule has 1 atom stereocenters. The molecule has 2 aliphatic carbocycles. The van der Waals surface area contributed by atoms with Crippen molar-refractivity contribution in [1.82, 2.24) is 35.3 Å². The summed E-state index contributed by atoms with van der Waals surface area (Å²) in [6.45, 7) is 4.51. The summed E-state index contributed by atoms with van der Waals surface area (Å²) in [5, 5.41) is 14.6. The van der Waals surface area contributed by atoms with Crippen LogP contribution in [0, 0.1) is 11.3 Å². The Bertz CT molecular complexity index is 2540. The molecule has 10 rings (SSSR count). The molecule has 2 saturated carbocycles. The van der Waals surface area contributed by atoms with Crippen LogP contribution in [0.5, 0.6) is 5.75 Å². The number of amides is 4. The minimum atomic E-state index is -3.57. The second-order valence-electron chi connectivity index (χ2n) is 19.6. The monoisotopic (exact) mass is 907 g/mol. The highest BCUT2D eigenvalue weighted by Crippen LogP contribution is 2.49. The van der Waals surface area contributed by atoms with Gasteiger partial charge in [0, 0.05) is 68.9 Å². The summed E-state index contributed by atoms with van der Waals surface area (Å²) >= 11 is 0. The SMILES string of the molecule is COc1cc(C(=O)NC2CC3(CCN(CC4CCN(c5ccc6c(C7CCC(=O)NC7=O)nn(C)c6c5)CC4)CC3)C2)ccc1Nc1ncc2c(n1)N(C1CCCC1)CC(F)(F)C(=O)N2C. The van der Waals surface area contributed by atoms with E-state index in [-0.39, 0.29) is 52.7 Å². The Morgan fingerprint density at radius 3 is 2.44 bits per heavy atom. The molecular weight excluding hydrogens is 849 g/mol. The molecule has 2 aromatic heterocycles. The standard InChI is InChI=1S/C48H59F2N11O5/c1-57-38-26-51-46(55-42(38)61(32-6-4-5-7-32)28-48(49,50)45(57)65)53-36-12-8-30(22-39(36)66-3)43(63)52-31-24-47(25-31)16-20-59(21-17-47)27-29-14-18-60(19-15-29)33-9-10-34-37(23-33)58(2)56-41(34)35-11-13-40(62)54-44(35)64/h8-10,12,22-23,26,29,31-32,35H,4-7,11,13-21,24-25,27-28H2,1-3H3,(H,52,63)(H,51,53,55)(H,54,62,64). The number of nitrogens with zero attached hydrogens (tertiary/aromatic N) is 8. The summed E-state index contributed by atoms with van der Waals surface area (Å²) in [6.07, 6.45) is 12.0. The molecule has 2 aromatic carbocycles. The summed E-state index contributed by atoms with van der Waals surface area (Å²) in [6, 6.07) is 11.5. The lowest BCUT2D eigenvalue weighted by Gasteiger charge is -2.52. The predicted molar refractivity (Wildman–Crippen MR) is 246 cm³/mol. The second-order valence-corrected chi connectivity index (χ2v) is 19.6. The number of anilines is 5. The lowest BCUT2D eigenvalue weighted by atomic mass is 9.60. The first kappa shape index (κ1) is 44.0. The summed E-state index contributed by atoms with van der Waals surface area (Å²) in [7, 11) is 4.76. The highest BCUT2D eigenvalue weighted by Gasteiger charge is 2.49. The molecule has 1 spiro atoms. The van der Waals surface area contributed by atoms with Gasteiger partial charge in [-0.25, -0.2) is 4.98 Å². The summed E-state index contributed by atoms with van der Waals surface area (Å²) in [5.74, 6) is -4.41. The molecule has 16 nitrogen and oxygen atoms in total. The minimum Gasteiger partial charge on any atom is -0.495 e. The van der Waals surface area contributed by atoms with Crippen molar-refractivity contribution in [3.63, 3.8) is 0 Å². The number of hydrogen-bond acceptors (Lipinski definition) is 12. The number of imide groups is 1. The Balaban J connectivity index is 0.693. The largest absolute Gasteiger partial charge is 0.495 e. The van der Waals surface area contributed by atoms with E-state index in [0.29, 0.717) is 35.8 Å². The van der Waals surface area contributed by atoms with Crippen molar-refractivity contribution >= 4 is 63.4 Å². The van der Waals surface area contributed by atoms with Crippen molar-refractivity contribution in [2.75, 3.05) is 73.4 Å². The highest BCUT2D eigenvalue weighted by atomic mass is 19.3. The first-order chi connectivity index (χ1) is 31.8. The smallest absolute Gasteiger partial charge is 0.342 e. The third-order valence-corrected chi connectivity index (χ3v) is 15.4. The fraction of sp³-hybridized carbons (Fsp3) is 0.562. The molecule has 18 heteroatoms. The zero-order valence-electron chi connectivity index (χ0n) is 38.0. The first-order valence-electron chi connectivity index (χ1n) is 23.6. The number of rotatable bonds is 10. The third-order valence-electron chi connectivity index (χ3n) is 15.4. The molecular formula is C48H59F2N11O5. The molecule has 0 radical (unpaired) electrons. The van der Waals surface area contributed by atoms with E-state index >= 15 is 8.78 Å². The van der Waals surface area contributed by atoms with Gasteiger partial charge in [-0.2, -0.15) is 18.9 Å². The minimum absolute atomic E-state index is 0.111. The summed E-state index contributed by atoms with van der Waals surface area (Å²) in [4.78, 5) is 67.2. The van der Waals surface area contributed by atoms with E-state index in [9.17, 15) is 19.2 Å². The highest BCUT2D eigenvalue weighted by molar-refractivity contribution is 6.03. The van der Waals surface area contributed by atoms with Gasteiger partial charge in [-0.15, -0.1) is 0 Å². The van der Waals surface area contributed by atoms with Crippen molar-refractivity contribution in [3.8, 4) is 5.75 Å². The van der Waals surface area contributed by atoms with Crippen molar-refractivity contribution in [3.05, 3.63) is 53.9 Å². The second kappa shape index (κ2) is 17.4. The maximum absolute atomic E-state index is 15.1. The first-order valence-corrected chi connectivity index (χ1v) is 23.6. The lowest BCUT2D eigenvalue weighted by Crippen LogP contribution is -2.55. The molecule has 4 aromatic rings. The number of hydrogen-bond donors (Lipinski definition) is 3. The van der Waals surface area contributed by atoms with Crippen LogP contribution in [0.3, 0.4) is 0 Å². The van der Waals surface area contributed by atoms with E-state index in [2.05, 4.69) is 53.9 Å². The van der Waals surface area contributed by atoms with E-state index in [1.807, 2.05) is 11.7 Å². The number of aryl methyl sites for hydroxylation is 1. The van der Waals surface area contributed by atoms with Crippen LogP contribution in [0.15, 0.2) is 42.6 Å². The molecule has 3 N–H and O–H groups in total. The number of benzene rings is 2. The molecule has 5 fully saturated rings. The molecule has 0 bridgehead atoms. The molecule has 4 aliphatic heterocycles. The van der Waals surface area contributed by atoms with Gasteiger partial charge in [0.15, 0.2) is 5.82 Å². The quantitative estimate of drug-likeness (QED) is 0.162. The topological polar surface area (TPSA) is 170 Å². The van der Waals surface area contributed by atoms with Crippen molar-refractivity contribution in [1.29, 1.82) is 0 Å². The van der Waals surface area contributed by atoms with Crippen LogP contribution in [-0.2, 0) is 21.4 Å². The molecule has 1 unspecified atom stereocenters. The fourth-order valence-electron chi connectivity index (χ4n) is 11.6. The average Bonchev–Trinajstić information content (AvgIpc) is 3.95. The number of carbonyl (C=O) groups is 4. The van der Waals surface area contributed by atoms with Gasteiger partial charge < -0.3 is 35.0 Å². The number of fused-ring (bicyclic) bond motifs is 2. The van der Waals surface area contributed by atoms with Crippen LogP contribution < -0.4 is 35.4 Å². The molecule has 6 aliphatic rings. The number of alkyl halides is 2. The normalized spacial score (nSPS) is 22.9. The fourth-order valence-corrected chi connectivity index (χ4v) is 11.6. The molecule has 350 valence electrons. The summed E-state index contributed by atoms with van der Waals surface area (Å²) in [5.41, 5.74) is 4.38. The number of carbonyl (C=O) groups excluding carboxylic acids is 4. The van der Waals surface area contributed by atoms with Crippen LogP contribution in [0.2, 0.25) is 0 Å². The van der Waals surface area contributed by atoms with Gasteiger partial charge in [0.1, 0.15) is 11.4 Å². The maximum Gasteiger partial charge on any atom is 0.342 e. The number of ether oxygens (including phenoxy) is 1. The third kappa shape index (κ3) is 8.40. The van der Waals surface area contributed by atoms with Crippen molar-refractivity contribution < 1.29 is 32.7 Å². The lowest BCUT2D eigenvalue weighted by molar-refractivity contribution is -0.140. The van der Waals surface area contributed by atoms with Crippen LogP contribution in [0.1, 0.15) is 99.0 Å². The van der Waals surface area contributed by atoms with E-state index in [1.54, 1.807) is 23.1 Å². The van der Waals surface area contributed by atoms with E-state index < -0.39 is 24.3 Å². The zero-order valence-corrected chi connectivity index (χ0v) is 38.0. The Kier molecular flexibility index (Phi) is 11.6. The predicted octanol–water partition coefficient (Wildman–Crippen LogP) is 5.89. The average molecular weight is 908 g/mol. The van der Waals surface area contributed by atoms with E-state index in [4.69, 9.17) is 9.84 Å². The van der Waals surface area contributed by atoms with E-state index in [1.165, 1.54) is 26.0 Å². The van der Waals surface area contributed by atoms with Gasteiger partial charge in [-0.3, -0.25) is 29.2 Å². The van der Waals surface area contributed by atoms with Gasteiger partial charge in [-0.05, 0) is 119 Å². The Labute approximate surface area is 382 Å². The molecule has 6 heterocycles. The van der Waals surface area contributed by atoms with Crippen LogP contribution in [0.25, 0.3) is 10.9 Å². The Morgan fingerprint density at radius 1 is 0.955 bits per heavy atom. The van der Waals surface area contributed by atoms with Crippen molar-refractivity contribution in [2.24, 2.45) is 18.4 Å². The Hall–Kier alpha value is -5.91. The number of halogens is 2. The zero-order chi connectivity index (χ0) is 45.9. The molecule has 3 saturated heterocycles. The number of aromatic nitrogens is 4. The van der Waals surface area contributed by atoms with Crippen LogP contribution in [-0.4, -0.2) is 120 Å². The number of nitrogens with one attached hydrogen (secondary N) is 3. The maximum atomic E-state index is 15.1. The van der Waals surface area contributed by atoms with Gasteiger partial charge >= 0.3 is 5.92 Å². The van der Waals surface area contributed by atoms with Gasteiger partial charge in [0.2, 0.25) is 17.8 Å². The van der Waals surface area contributed by atoms with Gasteiger partial charge in [0.05, 0.1) is 42.7 Å². The van der Waals surface area contributed by atoms with Gasteiger partial charge in [-0.1, -0.05) is 12.8 Å². The Morgan fingerprint density at radius 2 is 1.71 bits per heavy atom. The molecule has 66 heavy (non-hydrogen) atoms. The number of piperidine rings is 3. The van der Waals surface area contributed by atoms with E-state index in [0.717, 1.165) is 118 Å². The number of likely N-dealkylation sites (tertiary alicyclic amines) is 1. The van der Waals surface area contributed by atoms with Crippen LogP contribution >= 0.6 is 0 Å². The van der Waals surface area contributed by atoms with Crippen LogP contribution in [0.4, 0.5) is 37.6 Å². The number of methoxy groups -OCH3 is 1. The molecule has 4 amide bonds.